The number of halogens is 1. The van der Waals surface area contributed by atoms with Crippen molar-refractivity contribution in [2.45, 2.75) is 6.92 Å². The second-order valence-electron chi connectivity index (χ2n) is 2.98. The van der Waals surface area contributed by atoms with Crippen LogP contribution < -0.4 is 10.2 Å². The van der Waals surface area contributed by atoms with Crippen LogP contribution >= 0.6 is 11.6 Å². The maximum atomic E-state index is 11.3. The van der Waals surface area contributed by atoms with Gasteiger partial charge in [-0.3, -0.25) is 4.79 Å². The maximum Gasteiger partial charge on any atom is 0.239 e. The molecule has 0 unspecified atom stereocenters. The molecule has 82 valence electrons. The monoisotopic (exact) mass is 228 g/mol. The summed E-state index contributed by atoms with van der Waals surface area (Å²) >= 11 is 5.83. The number of carbonyl (C=O) groups excluding carboxylic acids is 1. The molecule has 6 heteroatoms. The fourth-order valence-corrected chi connectivity index (χ4v) is 1.36. The van der Waals surface area contributed by atoms with Gasteiger partial charge in [0.05, 0.1) is 6.54 Å². The number of rotatable bonds is 4. The average molecular weight is 229 g/mol. The van der Waals surface area contributed by atoms with E-state index < -0.39 is 0 Å². The van der Waals surface area contributed by atoms with Gasteiger partial charge in [0, 0.05) is 26.0 Å². The van der Waals surface area contributed by atoms with Crippen molar-refractivity contribution in [1.82, 2.24) is 15.3 Å². The van der Waals surface area contributed by atoms with Crippen LogP contribution in [0.4, 0.5) is 5.82 Å². The van der Waals surface area contributed by atoms with E-state index in [0.29, 0.717) is 17.5 Å². The molecule has 0 saturated carbocycles. The molecule has 0 radical (unpaired) electrons. The van der Waals surface area contributed by atoms with Gasteiger partial charge in [-0.15, -0.1) is 0 Å². The predicted octanol–water partition coefficient (Wildman–Crippen LogP) is 0.702. The van der Waals surface area contributed by atoms with Crippen molar-refractivity contribution >= 4 is 23.3 Å². The molecule has 0 atom stereocenters. The highest BCUT2D eigenvalue weighted by Gasteiger charge is 2.11. The molecule has 1 amide bonds. The highest BCUT2D eigenvalue weighted by atomic mass is 35.5. The van der Waals surface area contributed by atoms with Crippen LogP contribution in [0.3, 0.4) is 0 Å². The van der Waals surface area contributed by atoms with Gasteiger partial charge in [0.25, 0.3) is 0 Å². The molecular weight excluding hydrogens is 216 g/mol. The molecule has 1 aromatic rings. The van der Waals surface area contributed by atoms with Gasteiger partial charge in [0.1, 0.15) is 0 Å². The van der Waals surface area contributed by atoms with Crippen LogP contribution in [0.25, 0.3) is 0 Å². The quantitative estimate of drug-likeness (QED) is 0.825. The van der Waals surface area contributed by atoms with Crippen molar-refractivity contribution < 1.29 is 4.79 Å². The van der Waals surface area contributed by atoms with Crippen LogP contribution in [0.2, 0.25) is 5.15 Å². The fourth-order valence-electron chi connectivity index (χ4n) is 1.11. The summed E-state index contributed by atoms with van der Waals surface area (Å²) in [5.41, 5.74) is 0. The van der Waals surface area contributed by atoms with E-state index in [1.807, 2.05) is 6.92 Å². The van der Waals surface area contributed by atoms with Gasteiger partial charge in [-0.05, 0) is 6.92 Å². The first-order valence-corrected chi connectivity index (χ1v) is 4.97. The molecule has 0 bridgehead atoms. The number of nitrogens with zero attached hydrogens (tertiary/aromatic N) is 3. The molecule has 0 aliphatic heterocycles. The minimum Gasteiger partial charge on any atom is -0.355 e. The minimum absolute atomic E-state index is 0.0679. The molecule has 0 spiro atoms. The van der Waals surface area contributed by atoms with Crippen molar-refractivity contribution in [3.63, 3.8) is 0 Å². The summed E-state index contributed by atoms with van der Waals surface area (Å²) in [6.07, 6.45) is 3.04. The molecule has 0 aliphatic carbocycles. The zero-order valence-corrected chi connectivity index (χ0v) is 9.45. The van der Waals surface area contributed by atoms with Gasteiger partial charge in [0.2, 0.25) is 5.91 Å². The molecule has 0 aromatic carbocycles. The number of carbonyl (C=O) groups is 1. The Morgan fingerprint density at radius 3 is 2.80 bits per heavy atom. The first-order valence-electron chi connectivity index (χ1n) is 4.59. The highest BCUT2D eigenvalue weighted by Crippen LogP contribution is 2.17. The van der Waals surface area contributed by atoms with Crippen molar-refractivity contribution in [2.75, 3.05) is 25.0 Å². The number of likely N-dealkylation sites (N-methyl/N-ethyl adjacent to an activating group) is 2. The fraction of sp³-hybridized carbons (Fsp3) is 0.444. The minimum atomic E-state index is -0.0679. The smallest absolute Gasteiger partial charge is 0.239 e. The second kappa shape index (κ2) is 5.50. The van der Waals surface area contributed by atoms with E-state index in [0.717, 1.165) is 0 Å². The van der Waals surface area contributed by atoms with Crippen LogP contribution in [-0.2, 0) is 4.79 Å². The lowest BCUT2D eigenvalue weighted by atomic mass is 10.5. The Labute approximate surface area is 93.5 Å². The molecule has 1 aromatic heterocycles. The first kappa shape index (κ1) is 11.7. The van der Waals surface area contributed by atoms with E-state index in [-0.39, 0.29) is 12.5 Å². The lowest BCUT2D eigenvalue weighted by molar-refractivity contribution is -0.119. The van der Waals surface area contributed by atoms with Gasteiger partial charge < -0.3 is 10.2 Å². The van der Waals surface area contributed by atoms with E-state index in [2.05, 4.69) is 15.3 Å². The average Bonchev–Trinajstić information content (AvgIpc) is 2.18. The zero-order valence-electron chi connectivity index (χ0n) is 8.70. The van der Waals surface area contributed by atoms with Gasteiger partial charge in [-0.25, -0.2) is 9.97 Å². The van der Waals surface area contributed by atoms with E-state index in [1.54, 1.807) is 11.9 Å². The van der Waals surface area contributed by atoms with E-state index >= 15 is 0 Å². The first-order chi connectivity index (χ1) is 7.15. The molecule has 0 saturated heterocycles. The Morgan fingerprint density at radius 2 is 2.20 bits per heavy atom. The number of amides is 1. The summed E-state index contributed by atoms with van der Waals surface area (Å²) in [7, 11) is 1.74. The van der Waals surface area contributed by atoms with E-state index in [1.165, 1.54) is 12.4 Å². The van der Waals surface area contributed by atoms with Gasteiger partial charge in [-0.1, -0.05) is 11.6 Å². The third-order valence-corrected chi connectivity index (χ3v) is 2.02. The van der Waals surface area contributed by atoms with Gasteiger partial charge in [0.15, 0.2) is 11.0 Å². The molecule has 5 nitrogen and oxygen atoms in total. The lowest BCUT2D eigenvalue weighted by Crippen LogP contribution is -2.35. The van der Waals surface area contributed by atoms with Crippen LogP contribution in [0, 0.1) is 0 Å². The Bertz CT molecular complexity index is 345. The van der Waals surface area contributed by atoms with Crippen molar-refractivity contribution in [3.05, 3.63) is 17.5 Å². The topological polar surface area (TPSA) is 58.1 Å². The maximum absolute atomic E-state index is 11.3. The van der Waals surface area contributed by atoms with Crippen LogP contribution in [-0.4, -0.2) is 36.0 Å². The predicted molar refractivity (Wildman–Crippen MR) is 59.0 cm³/mol. The SMILES string of the molecule is CCNC(=O)CN(C)c1nccnc1Cl. The standard InChI is InChI=1S/C9H13ClN4O/c1-3-11-7(15)6-14(2)9-8(10)12-4-5-13-9/h4-5H,3,6H2,1-2H3,(H,11,15). The van der Waals surface area contributed by atoms with Crippen LogP contribution in [0.5, 0.6) is 0 Å². The van der Waals surface area contributed by atoms with Crippen molar-refractivity contribution in [2.24, 2.45) is 0 Å². The molecule has 1 rings (SSSR count). The van der Waals surface area contributed by atoms with Crippen LogP contribution in [0.1, 0.15) is 6.92 Å². The summed E-state index contributed by atoms with van der Waals surface area (Å²) in [5.74, 6) is 0.437. The van der Waals surface area contributed by atoms with Crippen LogP contribution in [0.15, 0.2) is 12.4 Å². The van der Waals surface area contributed by atoms with Crippen molar-refractivity contribution in [3.8, 4) is 0 Å². The third-order valence-electron chi connectivity index (χ3n) is 1.75. The number of hydrogen-bond donors (Lipinski definition) is 1. The van der Waals surface area contributed by atoms with E-state index in [4.69, 9.17) is 11.6 Å². The third kappa shape index (κ3) is 3.36. The summed E-state index contributed by atoms with van der Waals surface area (Å²) < 4.78 is 0. The Balaban J connectivity index is 2.65. The van der Waals surface area contributed by atoms with Gasteiger partial charge >= 0.3 is 0 Å². The largest absolute Gasteiger partial charge is 0.355 e. The van der Waals surface area contributed by atoms with Crippen molar-refractivity contribution in [1.29, 1.82) is 0 Å². The molecule has 1 heterocycles. The summed E-state index contributed by atoms with van der Waals surface area (Å²) in [6, 6.07) is 0. The Hall–Kier alpha value is -1.36. The summed E-state index contributed by atoms with van der Waals surface area (Å²) in [4.78, 5) is 20.9. The molecule has 1 N–H and O–H groups in total. The van der Waals surface area contributed by atoms with Gasteiger partial charge in [-0.2, -0.15) is 0 Å². The molecular formula is C9H13ClN4O. The zero-order chi connectivity index (χ0) is 11.3. The Morgan fingerprint density at radius 1 is 1.53 bits per heavy atom. The second-order valence-corrected chi connectivity index (χ2v) is 3.34. The molecule has 15 heavy (non-hydrogen) atoms. The highest BCUT2D eigenvalue weighted by molar-refractivity contribution is 6.31. The molecule has 0 aliphatic rings. The Kier molecular flexibility index (Phi) is 4.30. The number of anilines is 1. The summed E-state index contributed by atoms with van der Waals surface area (Å²) in [6.45, 7) is 2.69. The number of aromatic nitrogens is 2. The number of hydrogen-bond acceptors (Lipinski definition) is 4. The molecule has 0 fully saturated rings. The lowest BCUT2D eigenvalue weighted by Gasteiger charge is -2.17. The normalized spacial score (nSPS) is 9.80. The number of nitrogens with one attached hydrogen (secondary N) is 1. The summed E-state index contributed by atoms with van der Waals surface area (Å²) in [5, 5.41) is 2.99. The van der Waals surface area contributed by atoms with E-state index in [9.17, 15) is 4.79 Å².